The predicted octanol–water partition coefficient (Wildman–Crippen LogP) is 4.45. The van der Waals surface area contributed by atoms with Gasteiger partial charge in [-0.15, -0.1) is 10.2 Å². The van der Waals surface area contributed by atoms with Crippen molar-refractivity contribution >= 4 is 67.4 Å². The molecule has 2 N–H and O–H groups in total. The largest absolute Gasteiger partial charge is 0.296 e. The summed E-state index contributed by atoms with van der Waals surface area (Å²) in [5, 5.41) is 10.7. The van der Waals surface area contributed by atoms with Crippen LogP contribution in [0.25, 0.3) is 0 Å². The van der Waals surface area contributed by atoms with Gasteiger partial charge in [0.25, 0.3) is 15.9 Å². The molecule has 164 valence electrons. The molecule has 1 aromatic heterocycles. The molecule has 0 unspecified atom stereocenters. The molecule has 0 fully saturated rings. The van der Waals surface area contributed by atoms with Gasteiger partial charge in [0.2, 0.25) is 9.47 Å². The van der Waals surface area contributed by atoms with Gasteiger partial charge in [-0.3, -0.25) is 10.1 Å². The van der Waals surface area contributed by atoms with E-state index in [0.717, 1.165) is 11.3 Å². The Balaban J connectivity index is 1.50. The molecule has 0 aliphatic rings. The summed E-state index contributed by atoms with van der Waals surface area (Å²) in [6.07, 6.45) is 0. The van der Waals surface area contributed by atoms with Crippen LogP contribution in [0.15, 0.2) is 46.8 Å². The molecule has 1 amide bonds. The number of hydrogen-bond donors (Lipinski definition) is 2. The zero-order valence-corrected chi connectivity index (χ0v) is 19.6. The van der Waals surface area contributed by atoms with Crippen LogP contribution in [0.3, 0.4) is 0 Å². The van der Waals surface area contributed by atoms with E-state index in [1.165, 1.54) is 36.0 Å². The van der Waals surface area contributed by atoms with Gasteiger partial charge < -0.3 is 0 Å². The normalized spacial score (nSPS) is 11.5. The average Bonchev–Trinajstić information content (AvgIpc) is 3.19. The Morgan fingerprint density at radius 3 is 2.58 bits per heavy atom. The summed E-state index contributed by atoms with van der Waals surface area (Å²) >= 11 is 13.8. The maximum Gasteiger partial charge on any atom is 0.269 e. The molecule has 0 saturated carbocycles. The van der Waals surface area contributed by atoms with Crippen LogP contribution >= 0.6 is 46.3 Å². The number of carbonyl (C=O) groups is 1. The third-order valence-electron chi connectivity index (χ3n) is 3.81. The Bertz CT molecular complexity index is 1150. The van der Waals surface area contributed by atoms with Gasteiger partial charge in [-0.25, -0.2) is 17.5 Å². The number of sulfonamides is 1. The molecule has 0 aliphatic heterocycles. The lowest BCUT2D eigenvalue weighted by Gasteiger charge is -2.06. The number of hydrogen-bond acceptors (Lipinski definition) is 7. The molecule has 0 atom stereocenters. The van der Waals surface area contributed by atoms with Crippen molar-refractivity contribution in [2.24, 2.45) is 0 Å². The van der Waals surface area contributed by atoms with Gasteiger partial charge >= 0.3 is 0 Å². The molecule has 0 aliphatic carbocycles. The Kier molecular flexibility index (Phi) is 8.25. The Morgan fingerprint density at radius 2 is 1.87 bits per heavy atom. The van der Waals surface area contributed by atoms with Gasteiger partial charge in [0.15, 0.2) is 0 Å². The summed E-state index contributed by atoms with van der Waals surface area (Å²) in [4.78, 5) is 12.2. The number of benzene rings is 2. The fourth-order valence-electron chi connectivity index (χ4n) is 2.29. The third kappa shape index (κ3) is 6.61. The molecule has 13 heteroatoms. The topological polar surface area (TPSA) is 101 Å². The first-order valence-corrected chi connectivity index (χ1v) is 12.9. The SMILES string of the molecule is O=C(Nc1nnc(S(=O)(=O)NCCSCc2c(F)cccc2Cl)s1)c1ccc(Cl)cc1. The van der Waals surface area contributed by atoms with Crippen LogP contribution in [0.1, 0.15) is 15.9 Å². The van der Waals surface area contributed by atoms with Crippen molar-refractivity contribution in [1.29, 1.82) is 0 Å². The maximum atomic E-state index is 13.7. The molecular formula is C18H15Cl2FN4O3S3. The van der Waals surface area contributed by atoms with Gasteiger partial charge in [-0.05, 0) is 36.4 Å². The first-order chi connectivity index (χ1) is 14.8. The molecule has 7 nitrogen and oxygen atoms in total. The van der Waals surface area contributed by atoms with Crippen LogP contribution in [0.2, 0.25) is 10.0 Å². The van der Waals surface area contributed by atoms with Crippen molar-refractivity contribution in [3.8, 4) is 0 Å². The van der Waals surface area contributed by atoms with Gasteiger partial charge in [0, 0.05) is 39.2 Å². The molecule has 0 saturated heterocycles. The number of rotatable bonds is 9. The molecule has 0 radical (unpaired) electrons. The highest BCUT2D eigenvalue weighted by atomic mass is 35.5. The van der Waals surface area contributed by atoms with Gasteiger partial charge in [0.05, 0.1) is 0 Å². The number of anilines is 1. The number of amides is 1. The van der Waals surface area contributed by atoms with Crippen molar-refractivity contribution in [2.75, 3.05) is 17.6 Å². The summed E-state index contributed by atoms with van der Waals surface area (Å²) in [5.41, 5.74) is 0.719. The molecule has 31 heavy (non-hydrogen) atoms. The second-order valence-electron chi connectivity index (χ2n) is 5.98. The Hall–Kier alpha value is -1.76. The summed E-state index contributed by atoms with van der Waals surface area (Å²) in [7, 11) is -3.89. The molecule has 0 spiro atoms. The highest BCUT2D eigenvalue weighted by molar-refractivity contribution is 7.98. The number of carbonyl (C=O) groups excluding carboxylic acids is 1. The second-order valence-corrected chi connectivity index (χ2v) is 10.9. The van der Waals surface area contributed by atoms with Gasteiger partial charge in [-0.1, -0.05) is 40.6 Å². The van der Waals surface area contributed by atoms with Crippen molar-refractivity contribution in [2.45, 2.75) is 10.1 Å². The van der Waals surface area contributed by atoms with Crippen molar-refractivity contribution in [3.63, 3.8) is 0 Å². The molecule has 1 heterocycles. The summed E-state index contributed by atoms with van der Waals surface area (Å²) in [6.45, 7) is 0.102. The summed E-state index contributed by atoms with van der Waals surface area (Å²) in [6, 6.07) is 10.6. The highest BCUT2D eigenvalue weighted by Crippen LogP contribution is 2.24. The Labute approximate surface area is 196 Å². The van der Waals surface area contributed by atoms with Crippen LogP contribution in [0, 0.1) is 5.82 Å². The first-order valence-electron chi connectivity index (χ1n) is 8.67. The van der Waals surface area contributed by atoms with Crippen LogP contribution in [0.5, 0.6) is 0 Å². The second kappa shape index (κ2) is 10.7. The van der Waals surface area contributed by atoms with Gasteiger partial charge in [-0.2, -0.15) is 11.8 Å². The number of nitrogens with zero attached hydrogens (tertiary/aromatic N) is 2. The lowest BCUT2D eigenvalue weighted by atomic mass is 10.2. The summed E-state index contributed by atoms with van der Waals surface area (Å²) < 4.78 is 40.6. The minimum absolute atomic E-state index is 0.0453. The monoisotopic (exact) mass is 520 g/mol. The highest BCUT2D eigenvalue weighted by Gasteiger charge is 2.21. The van der Waals surface area contributed by atoms with E-state index in [1.54, 1.807) is 18.2 Å². The lowest BCUT2D eigenvalue weighted by molar-refractivity contribution is 0.102. The van der Waals surface area contributed by atoms with E-state index in [0.29, 0.717) is 32.7 Å². The van der Waals surface area contributed by atoms with Crippen LogP contribution in [0.4, 0.5) is 9.52 Å². The molecule has 3 rings (SSSR count). The average molecular weight is 521 g/mol. The molecule has 0 bridgehead atoms. The number of nitrogens with one attached hydrogen (secondary N) is 2. The molecule has 2 aromatic carbocycles. The zero-order chi connectivity index (χ0) is 22.4. The minimum Gasteiger partial charge on any atom is -0.296 e. The van der Waals surface area contributed by atoms with E-state index >= 15 is 0 Å². The Morgan fingerprint density at radius 1 is 1.13 bits per heavy atom. The standard InChI is InChI=1S/C18H15Cl2FN4O3S3/c19-12-6-4-11(5-7-12)16(26)23-17-24-25-18(30-17)31(27,28)22-8-9-29-10-13-14(20)2-1-3-15(13)21/h1-7,22H,8-10H2,(H,23,24,26). The maximum absolute atomic E-state index is 13.7. The van der Waals surface area contributed by atoms with E-state index in [-0.39, 0.29) is 16.0 Å². The lowest BCUT2D eigenvalue weighted by Crippen LogP contribution is -2.26. The molecular weight excluding hydrogens is 506 g/mol. The summed E-state index contributed by atoms with van der Waals surface area (Å²) in [5.74, 6) is -0.161. The van der Waals surface area contributed by atoms with E-state index in [2.05, 4.69) is 20.2 Å². The van der Waals surface area contributed by atoms with Crippen molar-refractivity contribution in [3.05, 3.63) is 69.5 Å². The van der Waals surface area contributed by atoms with E-state index < -0.39 is 21.7 Å². The van der Waals surface area contributed by atoms with Crippen molar-refractivity contribution < 1.29 is 17.6 Å². The number of halogens is 3. The number of aromatic nitrogens is 2. The zero-order valence-electron chi connectivity index (χ0n) is 15.6. The minimum atomic E-state index is -3.89. The first kappa shape index (κ1) is 23.9. The van der Waals surface area contributed by atoms with Crippen LogP contribution in [-0.2, 0) is 15.8 Å². The fraction of sp³-hybridized carbons (Fsp3) is 0.167. The smallest absolute Gasteiger partial charge is 0.269 e. The van der Waals surface area contributed by atoms with Crippen LogP contribution < -0.4 is 10.0 Å². The van der Waals surface area contributed by atoms with Crippen LogP contribution in [-0.4, -0.2) is 36.8 Å². The number of thioether (sulfide) groups is 1. The van der Waals surface area contributed by atoms with E-state index in [9.17, 15) is 17.6 Å². The quantitative estimate of drug-likeness (QED) is 0.319. The van der Waals surface area contributed by atoms with E-state index in [1.807, 2.05) is 0 Å². The fourth-order valence-corrected chi connectivity index (χ4v) is 5.71. The van der Waals surface area contributed by atoms with Gasteiger partial charge in [0.1, 0.15) is 5.82 Å². The van der Waals surface area contributed by atoms with E-state index in [4.69, 9.17) is 23.2 Å². The third-order valence-corrected chi connectivity index (χ3v) is 8.07. The predicted molar refractivity (Wildman–Crippen MR) is 122 cm³/mol. The molecule has 3 aromatic rings. The van der Waals surface area contributed by atoms with Crippen molar-refractivity contribution in [1.82, 2.24) is 14.9 Å².